The number of nitrogens with zero attached hydrogens (tertiary/aromatic N) is 2. The molecule has 3 saturated carbocycles. The fourth-order valence-corrected chi connectivity index (χ4v) is 11.6. The Hall–Kier alpha value is -1.71. The molecule has 0 aliphatic heterocycles. The van der Waals surface area contributed by atoms with E-state index in [1.807, 2.05) is 12.4 Å². The Balaban J connectivity index is 1.44. The summed E-state index contributed by atoms with van der Waals surface area (Å²) in [6, 6.07) is 0. The van der Waals surface area contributed by atoms with Crippen molar-refractivity contribution in [3.05, 3.63) is 35.4 Å². The van der Waals surface area contributed by atoms with Crippen LogP contribution in [0.25, 0.3) is 0 Å². The van der Waals surface area contributed by atoms with Crippen LogP contribution in [0, 0.1) is 51.2 Å². The summed E-state index contributed by atoms with van der Waals surface area (Å²) in [5.74, 6) is 1.77. The molecular weight excluding hydrogens is 444 g/mol. The predicted molar refractivity (Wildman–Crippen MR) is 142 cm³/mol. The van der Waals surface area contributed by atoms with Gasteiger partial charge in [0.25, 0.3) is 0 Å². The highest BCUT2D eigenvalue weighted by molar-refractivity contribution is 5.76. The minimum Gasteiger partial charge on any atom is -0.481 e. The largest absolute Gasteiger partial charge is 0.481 e. The van der Waals surface area contributed by atoms with Crippen molar-refractivity contribution >= 4 is 5.97 Å². The van der Waals surface area contributed by atoms with Crippen LogP contribution in [0.4, 0.5) is 0 Å². The van der Waals surface area contributed by atoms with E-state index in [0.717, 1.165) is 25.7 Å². The zero-order chi connectivity index (χ0) is 25.9. The van der Waals surface area contributed by atoms with Crippen molar-refractivity contribution in [3.8, 4) is 0 Å². The van der Waals surface area contributed by atoms with Gasteiger partial charge in [0, 0.05) is 17.8 Å². The van der Waals surface area contributed by atoms with Crippen LogP contribution in [0.2, 0.25) is 0 Å². The number of carboxylic acids is 1. The molecule has 0 aromatic carbocycles. The Bertz CT molecular complexity index is 1140. The smallest absolute Gasteiger partial charge is 0.310 e. The number of fused-ring (bicyclic) bond motifs is 8. The summed E-state index contributed by atoms with van der Waals surface area (Å²) < 4.78 is 0. The summed E-state index contributed by atoms with van der Waals surface area (Å²) in [6.07, 6.45) is 14.5. The van der Waals surface area contributed by atoms with E-state index in [4.69, 9.17) is 9.97 Å². The van der Waals surface area contributed by atoms with E-state index in [0.29, 0.717) is 23.7 Å². The number of hydrogen-bond acceptors (Lipinski definition) is 3. The predicted octanol–water partition coefficient (Wildman–Crippen LogP) is 7.23. The zero-order valence-corrected chi connectivity index (χ0v) is 23.5. The van der Waals surface area contributed by atoms with E-state index in [1.54, 1.807) is 0 Å². The Morgan fingerprint density at radius 1 is 0.944 bits per heavy atom. The molecule has 4 heteroatoms. The van der Waals surface area contributed by atoms with Crippen LogP contribution in [0.5, 0.6) is 0 Å². The molecule has 9 atom stereocenters. The molecule has 1 N–H and O–H groups in total. The molecule has 36 heavy (non-hydrogen) atoms. The van der Waals surface area contributed by atoms with E-state index in [1.165, 1.54) is 42.6 Å². The standard InChI is InChI=1S/C32H46N2O2/c1-19-10-13-32(27(35)36)15-14-30(6)21(25(32)20(19)2)8-9-24-29(5)18-22-26(34-17-16-33-22)28(3,4)23(29)11-12-31(24,30)7/h10,16-17,20-21,23-25H,8-9,11-15,18H2,1-7H3,(H,35,36)/t20-,21-,23+,24-,25-,29+,30-,31-,32+/m1/s1. The summed E-state index contributed by atoms with van der Waals surface area (Å²) >= 11 is 0. The quantitative estimate of drug-likeness (QED) is 0.422. The van der Waals surface area contributed by atoms with Gasteiger partial charge in [-0.15, -0.1) is 0 Å². The van der Waals surface area contributed by atoms with Gasteiger partial charge in [-0.3, -0.25) is 14.8 Å². The molecule has 1 aromatic heterocycles. The van der Waals surface area contributed by atoms with Crippen molar-refractivity contribution in [3.63, 3.8) is 0 Å². The van der Waals surface area contributed by atoms with Crippen molar-refractivity contribution in [1.29, 1.82) is 0 Å². The van der Waals surface area contributed by atoms with Gasteiger partial charge < -0.3 is 5.11 Å². The fourth-order valence-electron chi connectivity index (χ4n) is 11.6. The van der Waals surface area contributed by atoms with Crippen LogP contribution in [0.3, 0.4) is 0 Å². The molecular formula is C32H46N2O2. The fraction of sp³-hybridized carbons (Fsp3) is 0.781. The molecule has 0 unspecified atom stereocenters. The average molecular weight is 491 g/mol. The van der Waals surface area contributed by atoms with Gasteiger partial charge in [-0.05, 0) is 104 Å². The molecule has 0 amide bonds. The van der Waals surface area contributed by atoms with Gasteiger partial charge in [0.2, 0.25) is 0 Å². The molecule has 0 saturated heterocycles. The third-order valence-electron chi connectivity index (χ3n) is 13.6. The van der Waals surface area contributed by atoms with E-state index in [9.17, 15) is 9.90 Å². The second-order valence-electron chi connectivity index (χ2n) is 14.8. The average Bonchev–Trinajstić information content (AvgIpc) is 2.81. The summed E-state index contributed by atoms with van der Waals surface area (Å²) in [5.41, 5.74) is 3.89. The van der Waals surface area contributed by atoms with E-state index >= 15 is 0 Å². The van der Waals surface area contributed by atoms with Crippen LogP contribution < -0.4 is 0 Å². The maximum Gasteiger partial charge on any atom is 0.310 e. The van der Waals surface area contributed by atoms with Crippen LogP contribution in [-0.2, 0) is 16.6 Å². The third-order valence-corrected chi connectivity index (χ3v) is 13.6. The zero-order valence-electron chi connectivity index (χ0n) is 23.5. The lowest BCUT2D eigenvalue weighted by Gasteiger charge is -2.72. The van der Waals surface area contributed by atoms with Crippen LogP contribution in [0.1, 0.15) is 105 Å². The second-order valence-corrected chi connectivity index (χ2v) is 14.8. The van der Waals surface area contributed by atoms with Crippen molar-refractivity contribution in [2.75, 3.05) is 0 Å². The monoisotopic (exact) mass is 490 g/mol. The van der Waals surface area contributed by atoms with Gasteiger partial charge in [-0.25, -0.2) is 0 Å². The highest BCUT2D eigenvalue weighted by atomic mass is 16.4. The normalized spacial score (nSPS) is 48.9. The molecule has 1 aromatic rings. The molecule has 4 nitrogen and oxygen atoms in total. The van der Waals surface area contributed by atoms with Crippen LogP contribution >= 0.6 is 0 Å². The summed E-state index contributed by atoms with van der Waals surface area (Å²) in [4.78, 5) is 22.6. The SMILES string of the molecule is CC1=CC[C@]2(C(=O)O)CC[C@]3(C)[C@H](CC[C@@H]4[C@@]5(C)Cc6nccnc6C(C)(C)[C@@H]5CC[C@]43C)[C@H]2[C@@H]1C. The van der Waals surface area contributed by atoms with Gasteiger partial charge in [-0.2, -0.15) is 0 Å². The number of hydrogen-bond donors (Lipinski definition) is 1. The Kier molecular flexibility index (Phi) is 5.09. The third kappa shape index (κ3) is 2.75. The number of carboxylic acid groups (broad SMARTS) is 1. The van der Waals surface area contributed by atoms with Gasteiger partial charge in [0.15, 0.2) is 0 Å². The number of rotatable bonds is 1. The van der Waals surface area contributed by atoms with Crippen molar-refractivity contribution in [1.82, 2.24) is 9.97 Å². The minimum absolute atomic E-state index is 0.0283. The Morgan fingerprint density at radius 2 is 1.67 bits per heavy atom. The first-order chi connectivity index (χ1) is 16.8. The maximum absolute atomic E-state index is 12.9. The summed E-state index contributed by atoms with van der Waals surface area (Å²) in [5, 5.41) is 10.6. The van der Waals surface area contributed by atoms with Crippen molar-refractivity contribution < 1.29 is 9.90 Å². The van der Waals surface area contributed by atoms with E-state index in [-0.39, 0.29) is 27.6 Å². The van der Waals surface area contributed by atoms with Gasteiger partial charge >= 0.3 is 5.97 Å². The van der Waals surface area contributed by atoms with Gasteiger partial charge in [-0.1, -0.05) is 53.2 Å². The number of aliphatic carboxylic acids is 1. The summed E-state index contributed by atoms with van der Waals surface area (Å²) in [6.45, 7) is 17.2. The van der Waals surface area contributed by atoms with Gasteiger partial charge in [0.1, 0.15) is 0 Å². The first-order valence-corrected chi connectivity index (χ1v) is 14.5. The summed E-state index contributed by atoms with van der Waals surface area (Å²) in [7, 11) is 0. The number of aromatic nitrogens is 2. The Morgan fingerprint density at radius 3 is 2.39 bits per heavy atom. The molecule has 1 heterocycles. The molecule has 6 rings (SSSR count). The second kappa shape index (κ2) is 7.44. The molecule has 3 fully saturated rings. The highest BCUT2D eigenvalue weighted by Crippen LogP contribution is 2.76. The van der Waals surface area contributed by atoms with Crippen LogP contribution in [0.15, 0.2) is 24.0 Å². The highest BCUT2D eigenvalue weighted by Gasteiger charge is 2.71. The molecule has 0 spiro atoms. The molecule has 196 valence electrons. The lowest BCUT2D eigenvalue weighted by atomic mass is 9.31. The van der Waals surface area contributed by atoms with Crippen LogP contribution in [-0.4, -0.2) is 21.0 Å². The minimum atomic E-state index is -0.575. The lowest BCUT2D eigenvalue weighted by molar-refractivity contribution is -0.234. The van der Waals surface area contributed by atoms with E-state index in [2.05, 4.69) is 54.5 Å². The van der Waals surface area contributed by atoms with Crippen molar-refractivity contribution in [2.24, 2.45) is 51.2 Å². The van der Waals surface area contributed by atoms with Gasteiger partial charge in [0.05, 0.1) is 16.8 Å². The maximum atomic E-state index is 12.9. The molecule has 5 aliphatic rings. The molecule has 0 radical (unpaired) electrons. The first-order valence-electron chi connectivity index (χ1n) is 14.5. The number of allylic oxidation sites excluding steroid dienone is 2. The lowest BCUT2D eigenvalue weighted by Crippen LogP contribution is -2.67. The topological polar surface area (TPSA) is 63.1 Å². The first kappa shape index (κ1) is 24.6. The van der Waals surface area contributed by atoms with Crippen molar-refractivity contribution in [2.45, 2.75) is 105 Å². The van der Waals surface area contributed by atoms with E-state index < -0.39 is 11.4 Å². The Labute approximate surface area is 217 Å². The molecule has 5 aliphatic carbocycles. The number of carbonyl (C=O) groups is 1. The molecule has 0 bridgehead atoms.